The van der Waals surface area contributed by atoms with Gasteiger partial charge in [0, 0.05) is 0 Å². The fraction of sp³-hybridized carbons (Fsp3) is 0.385. The van der Waals surface area contributed by atoms with Gasteiger partial charge in [-0.2, -0.15) is 0 Å². The van der Waals surface area contributed by atoms with E-state index < -0.39 is 42.6 Å². The number of rotatable bonds is 4. The number of aliphatic hydroxyl groups excluding tert-OH is 3. The molecule has 0 bridgehead atoms. The average molecular weight is 329 g/mol. The first-order valence-electron chi connectivity index (χ1n) is 6.44. The molecule has 1 heterocycles. The highest BCUT2D eigenvalue weighted by molar-refractivity contribution is 5.96. The molecule has 1 aliphatic heterocycles. The van der Waals surface area contributed by atoms with Crippen molar-refractivity contribution in [3.05, 3.63) is 23.8 Å². The van der Waals surface area contributed by atoms with Crippen LogP contribution in [0.3, 0.4) is 0 Å². The van der Waals surface area contributed by atoms with E-state index in [9.17, 15) is 30.0 Å². The number of phenolic OH excluding ortho intramolecular Hbond substituents is 1. The standard InChI is InChI=1S/C13H15NO9/c14-11(19)5-3-4(15)1-2-6(5)22-13-9(18)7(16)8(17)10(23-13)12(20)21/h1-3,7-10,13,15-18H,(H2,14,19)(H,20,21). The molecule has 1 fully saturated rings. The van der Waals surface area contributed by atoms with Gasteiger partial charge in [0.15, 0.2) is 6.10 Å². The molecule has 1 aliphatic rings. The van der Waals surface area contributed by atoms with Crippen LogP contribution in [0, 0.1) is 0 Å². The molecule has 0 aliphatic carbocycles. The summed E-state index contributed by atoms with van der Waals surface area (Å²) < 4.78 is 10.1. The number of nitrogens with two attached hydrogens (primary N) is 1. The number of aromatic hydroxyl groups is 1. The number of aliphatic hydroxyl groups is 3. The van der Waals surface area contributed by atoms with Gasteiger partial charge in [-0.05, 0) is 18.2 Å². The van der Waals surface area contributed by atoms with Gasteiger partial charge in [0.1, 0.15) is 29.8 Å². The van der Waals surface area contributed by atoms with E-state index >= 15 is 0 Å². The Morgan fingerprint density at radius 3 is 2.35 bits per heavy atom. The molecule has 5 unspecified atom stereocenters. The van der Waals surface area contributed by atoms with Gasteiger partial charge in [-0.1, -0.05) is 0 Å². The minimum Gasteiger partial charge on any atom is -0.508 e. The number of carboxylic acid groups (broad SMARTS) is 1. The van der Waals surface area contributed by atoms with Crippen molar-refractivity contribution in [2.45, 2.75) is 30.7 Å². The number of aliphatic carboxylic acids is 1. The number of primary amides is 1. The monoisotopic (exact) mass is 329 g/mol. The zero-order chi connectivity index (χ0) is 17.3. The van der Waals surface area contributed by atoms with Crippen LogP contribution in [0.15, 0.2) is 18.2 Å². The quantitative estimate of drug-likeness (QED) is 0.356. The molecule has 2 rings (SSSR count). The van der Waals surface area contributed by atoms with E-state index in [2.05, 4.69) is 0 Å². The Bertz CT molecular complexity index is 619. The molecule has 1 saturated heterocycles. The molecular formula is C13H15NO9. The van der Waals surface area contributed by atoms with E-state index in [0.717, 1.165) is 18.2 Å². The molecule has 10 nitrogen and oxygen atoms in total. The zero-order valence-corrected chi connectivity index (χ0v) is 11.6. The van der Waals surface area contributed by atoms with Crippen molar-refractivity contribution in [1.82, 2.24) is 0 Å². The Balaban J connectivity index is 2.28. The Morgan fingerprint density at radius 1 is 1.13 bits per heavy atom. The molecule has 126 valence electrons. The smallest absolute Gasteiger partial charge is 0.335 e. The van der Waals surface area contributed by atoms with Gasteiger partial charge in [0.25, 0.3) is 5.91 Å². The summed E-state index contributed by atoms with van der Waals surface area (Å²) in [5.74, 6) is -2.99. The second kappa shape index (κ2) is 6.38. The number of carboxylic acids is 1. The van der Waals surface area contributed by atoms with Crippen molar-refractivity contribution in [2.24, 2.45) is 5.73 Å². The highest BCUT2D eigenvalue weighted by Gasteiger charge is 2.48. The third kappa shape index (κ3) is 3.35. The van der Waals surface area contributed by atoms with Crippen molar-refractivity contribution in [3.8, 4) is 11.5 Å². The number of ether oxygens (including phenoxy) is 2. The largest absolute Gasteiger partial charge is 0.508 e. The molecule has 7 N–H and O–H groups in total. The molecule has 1 aromatic carbocycles. The van der Waals surface area contributed by atoms with Crippen molar-refractivity contribution >= 4 is 11.9 Å². The highest BCUT2D eigenvalue weighted by atomic mass is 16.7. The molecule has 5 atom stereocenters. The van der Waals surface area contributed by atoms with Crippen molar-refractivity contribution < 1.29 is 44.6 Å². The lowest BCUT2D eigenvalue weighted by Gasteiger charge is -2.38. The summed E-state index contributed by atoms with van der Waals surface area (Å²) in [4.78, 5) is 22.3. The number of carbonyl (C=O) groups is 2. The Hall–Kier alpha value is -2.40. The van der Waals surface area contributed by atoms with E-state index in [1.807, 2.05) is 0 Å². The van der Waals surface area contributed by atoms with E-state index in [0.29, 0.717) is 0 Å². The second-order valence-electron chi connectivity index (χ2n) is 4.90. The van der Waals surface area contributed by atoms with Gasteiger partial charge >= 0.3 is 5.97 Å². The topological polar surface area (TPSA) is 180 Å². The molecule has 0 saturated carbocycles. The average Bonchev–Trinajstić information content (AvgIpc) is 2.48. The molecule has 10 heteroatoms. The predicted molar refractivity (Wildman–Crippen MR) is 71.6 cm³/mol. The highest BCUT2D eigenvalue weighted by Crippen LogP contribution is 2.28. The molecule has 0 radical (unpaired) electrons. The summed E-state index contributed by atoms with van der Waals surface area (Å²) >= 11 is 0. The summed E-state index contributed by atoms with van der Waals surface area (Å²) in [6.07, 6.45) is -9.01. The van der Waals surface area contributed by atoms with Gasteiger partial charge in [-0.3, -0.25) is 4.79 Å². The maximum Gasteiger partial charge on any atom is 0.335 e. The lowest BCUT2D eigenvalue weighted by atomic mass is 9.99. The molecule has 23 heavy (non-hydrogen) atoms. The van der Waals surface area contributed by atoms with Crippen molar-refractivity contribution in [2.75, 3.05) is 0 Å². The summed E-state index contributed by atoms with van der Waals surface area (Å²) in [5, 5.41) is 47.4. The minimum atomic E-state index is -1.86. The van der Waals surface area contributed by atoms with Crippen LogP contribution < -0.4 is 10.5 Å². The van der Waals surface area contributed by atoms with Crippen LogP contribution in [0.2, 0.25) is 0 Å². The van der Waals surface area contributed by atoms with E-state index in [1.54, 1.807) is 0 Å². The molecule has 1 amide bonds. The number of amides is 1. The number of carbonyl (C=O) groups excluding carboxylic acids is 1. The first-order chi connectivity index (χ1) is 10.7. The van der Waals surface area contributed by atoms with Gasteiger partial charge in [0.2, 0.25) is 6.29 Å². The lowest BCUT2D eigenvalue weighted by Crippen LogP contribution is -2.61. The maximum atomic E-state index is 11.3. The summed E-state index contributed by atoms with van der Waals surface area (Å²) in [7, 11) is 0. The maximum absolute atomic E-state index is 11.3. The van der Waals surface area contributed by atoms with Crippen molar-refractivity contribution in [1.29, 1.82) is 0 Å². The Labute approximate surface area is 129 Å². The fourth-order valence-electron chi connectivity index (χ4n) is 2.09. The predicted octanol–water partition coefficient (Wildman–Crippen LogP) is -2.24. The number of benzene rings is 1. The third-order valence-electron chi connectivity index (χ3n) is 3.28. The SMILES string of the molecule is NC(=O)c1cc(O)ccc1OC1OC(C(=O)O)C(O)C(O)C1O. The van der Waals surface area contributed by atoms with E-state index in [1.165, 1.54) is 0 Å². The summed E-state index contributed by atoms with van der Waals surface area (Å²) in [6, 6.07) is 3.32. The van der Waals surface area contributed by atoms with E-state index in [4.69, 9.17) is 20.3 Å². The van der Waals surface area contributed by atoms with Crippen LogP contribution >= 0.6 is 0 Å². The Morgan fingerprint density at radius 2 is 1.78 bits per heavy atom. The van der Waals surface area contributed by atoms with Gasteiger partial charge in [-0.15, -0.1) is 0 Å². The Kier molecular flexibility index (Phi) is 4.71. The fourth-order valence-corrected chi connectivity index (χ4v) is 2.09. The van der Waals surface area contributed by atoms with E-state index in [-0.39, 0.29) is 17.1 Å². The third-order valence-corrected chi connectivity index (χ3v) is 3.28. The molecular weight excluding hydrogens is 314 g/mol. The van der Waals surface area contributed by atoms with Crippen LogP contribution in [0.4, 0.5) is 0 Å². The normalized spacial score (nSPS) is 30.7. The van der Waals surface area contributed by atoms with Gasteiger partial charge in [0.05, 0.1) is 5.56 Å². The zero-order valence-electron chi connectivity index (χ0n) is 11.6. The van der Waals surface area contributed by atoms with Crippen LogP contribution in [0.1, 0.15) is 10.4 Å². The van der Waals surface area contributed by atoms with Crippen LogP contribution in [0.25, 0.3) is 0 Å². The first kappa shape index (κ1) is 17.0. The van der Waals surface area contributed by atoms with Crippen molar-refractivity contribution in [3.63, 3.8) is 0 Å². The first-order valence-corrected chi connectivity index (χ1v) is 6.44. The van der Waals surface area contributed by atoms with Gasteiger partial charge < -0.3 is 40.7 Å². The van der Waals surface area contributed by atoms with Crippen LogP contribution in [-0.4, -0.2) is 68.1 Å². The summed E-state index contributed by atoms with van der Waals surface area (Å²) in [6.45, 7) is 0. The number of hydrogen-bond acceptors (Lipinski definition) is 8. The summed E-state index contributed by atoms with van der Waals surface area (Å²) in [5.41, 5.74) is 4.89. The molecule has 0 spiro atoms. The minimum absolute atomic E-state index is 0.202. The van der Waals surface area contributed by atoms with Crippen LogP contribution in [-0.2, 0) is 9.53 Å². The lowest BCUT2D eigenvalue weighted by molar-refractivity contribution is -0.271. The molecule has 0 aromatic heterocycles. The second-order valence-corrected chi connectivity index (χ2v) is 4.90. The van der Waals surface area contributed by atoms with Crippen LogP contribution in [0.5, 0.6) is 11.5 Å². The number of phenols is 1. The number of hydrogen-bond donors (Lipinski definition) is 6. The molecule has 1 aromatic rings. The van der Waals surface area contributed by atoms with Gasteiger partial charge in [-0.25, -0.2) is 4.79 Å².